The van der Waals surface area contributed by atoms with E-state index in [1.54, 1.807) is 19.2 Å². The number of methoxy groups -OCH3 is 1. The van der Waals surface area contributed by atoms with E-state index >= 15 is 0 Å². The van der Waals surface area contributed by atoms with Gasteiger partial charge in [0.15, 0.2) is 23.4 Å². The van der Waals surface area contributed by atoms with E-state index in [0.29, 0.717) is 18.4 Å². The highest BCUT2D eigenvalue weighted by molar-refractivity contribution is 7.85. The van der Waals surface area contributed by atoms with Gasteiger partial charge in [-0.3, -0.25) is 9.35 Å². The summed E-state index contributed by atoms with van der Waals surface area (Å²) in [5, 5.41) is 0. The minimum absolute atomic E-state index is 0.0666. The number of likely N-dealkylation sites (N-methyl/N-ethyl adjacent to an activating group) is 1. The lowest BCUT2D eigenvalue weighted by atomic mass is 9.52. The summed E-state index contributed by atoms with van der Waals surface area (Å²) in [6.07, 6.45) is 3.47. The molecule has 6 rings (SSSR count). The number of hydrogen-bond donors (Lipinski definition) is 1. The number of aryl methyl sites for hydroxylation is 1. The molecular formula is C25H29NO6S. The Morgan fingerprint density at radius 1 is 1.18 bits per heavy atom. The number of ether oxygens (including phenoxy) is 2. The molecule has 0 radical (unpaired) electrons. The Hall–Kier alpha value is -2.42. The van der Waals surface area contributed by atoms with E-state index < -0.39 is 10.1 Å². The number of piperidine rings is 1. The molecule has 33 heavy (non-hydrogen) atoms. The molecule has 2 bridgehead atoms. The Morgan fingerprint density at radius 3 is 2.58 bits per heavy atom. The number of ketones is 1. The molecule has 2 aliphatic carbocycles. The topological polar surface area (TPSA) is 93.1 Å². The average molecular weight is 472 g/mol. The van der Waals surface area contributed by atoms with Gasteiger partial charge in [0.05, 0.1) is 12.0 Å². The zero-order valence-corrected chi connectivity index (χ0v) is 19.9. The quantitative estimate of drug-likeness (QED) is 0.673. The Balaban J connectivity index is 0.000000177. The molecule has 0 amide bonds. The van der Waals surface area contributed by atoms with Crippen molar-refractivity contribution in [2.24, 2.45) is 5.92 Å². The number of likely N-dealkylation sites (tertiary alicyclic amines) is 1. The Bertz CT molecular complexity index is 1210. The molecule has 7 nitrogen and oxygen atoms in total. The zero-order chi connectivity index (χ0) is 23.5. The Labute approximate surface area is 194 Å². The molecule has 8 heteroatoms. The van der Waals surface area contributed by atoms with Crippen molar-refractivity contribution >= 4 is 15.9 Å². The third kappa shape index (κ3) is 3.38. The van der Waals surface area contributed by atoms with Crippen molar-refractivity contribution < 1.29 is 27.2 Å². The second-order valence-electron chi connectivity index (χ2n) is 9.57. The number of carbonyl (C=O) groups excluding carboxylic acids is 1. The molecule has 1 saturated heterocycles. The molecule has 1 N–H and O–H groups in total. The van der Waals surface area contributed by atoms with Crippen molar-refractivity contribution in [2.75, 3.05) is 20.7 Å². The maximum atomic E-state index is 12.6. The van der Waals surface area contributed by atoms with Crippen LogP contribution in [0.4, 0.5) is 0 Å². The smallest absolute Gasteiger partial charge is 0.294 e. The highest BCUT2D eigenvalue weighted by atomic mass is 32.2. The van der Waals surface area contributed by atoms with Crippen LogP contribution in [0.25, 0.3) is 0 Å². The van der Waals surface area contributed by atoms with E-state index in [1.807, 2.05) is 13.0 Å². The van der Waals surface area contributed by atoms with Gasteiger partial charge in [-0.25, -0.2) is 0 Å². The fourth-order valence-electron chi connectivity index (χ4n) is 6.38. The first-order valence-electron chi connectivity index (χ1n) is 11.3. The standard InChI is InChI=1S/C18H21NO3.C7H8O3S/c1-19-8-7-18-11-4-5-13(20)17(18)22-16-14(21-2)6-3-10(15(16)18)9-12(11)19;1-6-2-4-7(5-3-6)11(8,9)10/h3,6,11-12,17H,4-5,7-9H2,1-2H3;2-5H,1H3,(H,8,9,10)/t11-,12+,17-,18-;/m0./s1. The third-order valence-corrected chi connectivity index (χ3v) is 8.78. The van der Waals surface area contributed by atoms with Gasteiger partial charge in [-0.1, -0.05) is 23.8 Å². The average Bonchev–Trinajstić information content (AvgIpc) is 3.13. The van der Waals surface area contributed by atoms with Crippen molar-refractivity contribution in [1.29, 1.82) is 0 Å². The normalized spacial score (nSPS) is 29.5. The molecule has 1 spiro atoms. The second kappa shape index (κ2) is 7.82. The molecule has 2 fully saturated rings. The highest BCUT2D eigenvalue weighted by Crippen LogP contribution is 2.63. The van der Waals surface area contributed by atoms with E-state index in [2.05, 4.69) is 18.0 Å². The molecule has 2 aliphatic heterocycles. The van der Waals surface area contributed by atoms with Gasteiger partial charge in [0.2, 0.25) is 0 Å². The number of carbonyl (C=O) groups is 1. The van der Waals surface area contributed by atoms with Gasteiger partial charge in [-0.2, -0.15) is 8.42 Å². The molecule has 176 valence electrons. The fraction of sp³-hybridized carbons (Fsp3) is 0.480. The van der Waals surface area contributed by atoms with Crippen LogP contribution in [0.15, 0.2) is 41.3 Å². The van der Waals surface area contributed by atoms with Crippen LogP contribution in [0.2, 0.25) is 0 Å². The largest absolute Gasteiger partial charge is 0.493 e. The van der Waals surface area contributed by atoms with Crippen molar-refractivity contribution in [2.45, 2.75) is 55.1 Å². The lowest BCUT2D eigenvalue weighted by Crippen LogP contribution is -2.65. The summed E-state index contributed by atoms with van der Waals surface area (Å²) in [6, 6.07) is 10.7. The van der Waals surface area contributed by atoms with Crippen molar-refractivity contribution in [3.63, 3.8) is 0 Å². The number of Topliss-reactive ketones (excluding diaryl/α,β-unsaturated/α-hetero) is 1. The first-order valence-corrected chi connectivity index (χ1v) is 12.7. The van der Waals surface area contributed by atoms with Crippen LogP contribution in [0.3, 0.4) is 0 Å². The van der Waals surface area contributed by atoms with E-state index in [9.17, 15) is 13.2 Å². The predicted molar refractivity (Wildman–Crippen MR) is 123 cm³/mol. The monoisotopic (exact) mass is 471 g/mol. The van der Waals surface area contributed by atoms with Crippen molar-refractivity contribution in [3.8, 4) is 11.5 Å². The summed E-state index contributed by atoms with van der Waals surface area (Å²) < 4.78 is 41.3. The number of nitrogens with zero attached hydrogens (tertiary/aromatic N) is 1. The molecular weight excluding hydrogens is 442 g/mol. The summed E-state index contributed by atoms with van der Waals surface area (Å²) in [7, 11) is -0.108. The molecule has 0 unspecified atom stereocenters. The van der Waals surface area contributed by atoms with E-state index in [1.165, 1.54) is 23.3 Å². The molecule has 2 aromatic carbocycles. The van der Waals surface area contributed by atoms with E-state index in [-0.39, 0.29) is 22.2 Å². The molecule has 0 aromatic heterocycles. The third-order valence-electron chi connectivity index (χ3n) is 7.91. The van der Waals surface area contributed by atoms with Crippen LogP contribution in [0.1, 0.15) is 36.0 Å². The number of rotatable bonds is 2. The highest BCUT2D eigenvalue weighted by Gasteiger charge is 2.65. The summed E-state index contributed by atoms with van der Waals surface area (Å²) in [4.78, 5) is 15.0. The van der Waals surface area contributed by atoms with Crippen molar-refractivity contribution in [1.82, 2.24) is 4.90 Å². The van der Waals surface area contributed by atoms with Gasteiger partial charge < -0.3 is 14.4 Å². The Kier molecular flexibility index (Phi) is 5.30. The maximum Gasteiger partial charge on any atom is 0.294 e. The van der Waals surface area contributed by atoms with Crippen LogP contribution < -0.4 is 9.47 Å². The van der Waals surface area contributed by atoms with Crippen LogP contribution in [-0.2, 0) is 26.7 Å². The van der Waals surface area contributed by atoms with Gasteiger partial charge in [-0.05, 0) is 69.5 Å². The molecule has 2 aromatic rings. The van der Waals surface area contributed by atoms with Gasteiger partial charge in [-0.15, -0.1) is 0 Å². The summed E-state index contributed by atoms with van der Waals surface area (Å²) in [6.45, 7) is 2.89. The van der Waals surface area contributed by atoms with Crippen molar-refractivity contribution in [3.05, 3.63) is 53.1 Å². The van der Waals surface area contributed by atoms with Gasteiger partial charge in [0.1, 0.15) is 0 Å². The second-order valence-corrected chi connectivity index (χ2v) is 11.0. The first-order chi connectivity index (χ1) is 15.7. The van der Waals surface area contributed by atoms with Gasteiger partial charge >= 0.3 is 0 Å². The van der Waals surface area contributed by atoms with Crippen LogP contribution in [0, 0.1) is 12.8 Å². The number of benzene rings is 2. The van der Waals surface area contributed by atoms with E-state index in [4.69, 9.17) is 14.0 Å². The SMILES string of the molecule is COc1ccc2c3c1O[C@H]1C(=O)CC[C@H]4[C@@H](C2)N(C)CC[C@]314.Cc1ccc(S(=O)(=O)O)cc1. The lowest BCUT2D eigenvalue weighted by molar-refractivity contribution is -0.138. The van der Waals surface area contributed by atoms with Gasteiger partial charge in [0.25, 0.3) is 10.1 Å². The predicted octanol–water partition coefficient (Wildman–Crippen LogP) is 3.18. The molecule has 4 aliphatic rings. The lowest BCUT2D eigenvalue weighted by Gasteiger charge is -2.57. The van der Waals surface area contributed by atoms with Crippen LogP contribution in [0.5, 0.6) is 11.5 Å². The summed E-state index contributed by atoms with van der Waals surface area (Å²) >= 11 is 0. The minimum Gasteiger partial charge on any atom is -0.493 e. The first kappa shape index (κ1) is 22.4. The fourth-order valence-corrected chi connectivity index (χ4v) is 6.86. The maximum absolute atomic E-state index is 12.6. The molecule has 4 atom stereocenters. The molecule has 2 heterocycles. The zero-order valence-electron chi connectivity index (χ0n) is 19.1. The van der Waals surface area contributed by atoms with Gasteiger partial charge in [0, 0.05) is 23.4 Å². The number of hydrogen-bond acceptors (Lipinski definition) is 6. The van der Waals surface area contributed by atoms with Crippen LogP contribution in [-0.4, -0.2) is 56.5 Å². The van der Waals surface area contributed by atoms with Crippen LogP contribution >= 0.6 is 0 Å². The minimum atomic E-state index is -4.02. The van der Waals surface area contributed by atoms with E-state index in [0.717, 1.165) is 42.9 Å². The molecule has 1 saturated carbocycles. The summed E-state index contributed by atoms with van der Waals surface area (Å²) in [5.41, 5.74) is 3.53. The Morgan fingerprint density at radius 2 is 1.91 bits per heavy atom. The summed E-state index contributed by atoms with van der Waals surface area (Å²) in [5.74, 6) is 2.46.